The Hall–Kier alpha value is -2.99. The number of aromatic nitrogens is 1. The molecule has 1 atom stereocenters. The van der Waals surface area contributed by atoms with E-state index in [1.165, 1.54) is 23.5 Å². The first-order valence-corrected chi connectivity index (χ1v) is 14.2. The first-order valence-electron chi connectivity index (χ1n) is 11.8. The molecule has 1 aliphatic carbocycles. The molecule has 2 aliphatic rings. The molecule has 10 nitrogen and oxygen atoms in total. The van der Waals surface area contributed by atoms with Gasteiger partial charge in [-0.25, -0.2) is 18.2 Å². The van der Waals surface area contributed by atoms with Crippen molar-refractivity contribution in [3.05, 3.63) is 41.4 Å². The monoisotopic (exact) mass is 534 g/mol. The molecule has 1 saturated heterocycles. The summed E-state index contributed by atoms with van der Waals surface area (Å²) in [6.45, 7) is 6.25. The van der Waals surface area contributed by atoms with Crippen molar-refractivity contribution >= 4 is 44.0 Å². The maximum atomic E-state index is 13.1. The van der Waals surface area contributed by atoms with Crippen LogP contribution in [0.2, 0.25) is 0 Å². The van der Waals surface area contributed by atoms with Gasteiger partial charge in [0.05, 0.1) is 16.7 Å². The predicted molar refractivity (Wildman–Crippen MR) is 136 cm³/mol. The van der Waals surface area contributed by atoms with Gasteiger partial charge in [-0.3, -0.25) is 10.1 Å². The van der Waals surface area contributed by atoms with Crippen molar-refractivity contribution in [2.24, 2.45) is 5.16 Å². The summed E-state index contributed by atoms with van der Waals surface area (Å²) in [6, 6.07) is 6.07. The number of oxime groups is 1. The lowest BCUT2D eigenvalue weighted by Gasteiger charge is -2.33. The van der Waals surface area contributed by atoms with Gasteiger partial charge in [-0.15, -0.1) is 11.3 Å². The van der Waals surface area contributed by atoms with Gasteiger partial charge in [0.15, 0.2) is 20.7 Å². The van der Waals surface area contributed by atoms with Gasteiger partial charge < -0.3 is 14.5 Å². The summed E-state index contributed by atoms with van der Waals surface area (Å²) < 4.78 is 30.5. The first-order chi connectivity index (χ1) is 17.0. The lowest BCUT2D eigenvalue weighted by molar-refractivity contribution is -0.110. The number of ether oxygens (including phenoxy) is 1. The molecule has 1 aromatic carbocycles. The molecule has 36 heavy (non-hydrogen) atoms. The number of benzene rings is 1. The highest BCUT2D eigenvalue weighted by molar-refractivity contribution is 7.92. The molecule has 2 fully saturated rings. The van der Waals surface area contributed by atoms with Crippen molar-refractivity contribution in [1.29, 1.82) is 0 Å². The Morgan fingerprint density at radius 3 is 2.50 bits per heavy atom. The fourth-order valence-corrected chi connectivity index (χ4v) is 5.86. The Labute approximate surface area is 214 Å². The van der Waals surface area contributed by atoms with E-state index in [4.69, 9.17) is 9.57 Å². The number of anilines is 1. The van der Waals surface area contributed by atoms with Crippen LogP contribution in [0.25, 0.3) is 0 Å². The second-order valence-corrected chi connectivity index (χ2v) is 12.9. The molecule has 0 spiro atoms. The standard InChI is InChI=1S/C24H30N4O6S2/c1-24(2,3)33-23(30)28-13-4-5-17(15-28)34-27-20(21(29)26-22-25-12-14-35-22)16-6-8-18(9-7-16)36(31,32)19-10-11-19/h6-9,12,14,17,19H,4-5,10-11,13,15H2,1-3H3,(H,25,26,29)/t17-/m1/s1. The summed E-state index contributed by atoms with van der Waals surface area (Å²) >= 11 is 1.26. The minimum atomic E-state index is -3.36. The van der Waals surface area contributed by atoms with E-state index in [0.717, 1.165) is 0 Å². The molecule has 2 aromatic rings. The molecule has 0 bridgehead atoms. The van der Waals surface area contributed by atoms with Gasteiger partial charge in [-0.2, -0.15) is 0 Å². The van der Waals surface area contributed by atoms with Crippen molar-refractivity contribution < 1.29 is 27.6 Å². The van der Waals surface area contributed by atoms with Crippen LogP contribution < -0.4 is 5.32 Å². The summed E-state index contributed by atoms with van der Waals surface area (Å²) in [5.74, 6) is -0.539. The average Bonchev–Trinajstić information content (AvgIpc) is 3.57. The van der Waals surface area contributed by atoms with Crippen LogP contribution in [0.1, 0.15) is 52.0 Å². The smallest absolute Gasteiger partial charge is 0.410 e. The van der Waals surface area contributed by atoms with Gasteiger partial charge in [-0.1, -0.05) is 17.3 Å². The maximum absolute atomic E-state index is 13.1. The number of rotatable bonds is 7. The molecule has 0 unspecified atom stereocenters. The zero-order valence-corrected chi connectivity index (χ0v) is 22.1. The first kappa shape index (κ1) is 26.1. The van der Waals surface area contributed by atoms with Crippen molar-refractivity contribution in [2.75, 3.05) is 18.4 Å². The molecule has 12 heteroatoms. The minimum Gasteiger partial charge on any atom is -0.444 e. The van der Waals surface area contributed by atoms with Crippen LogP contribution in [0.3, 0.4) is 0 Å². The SMILES string of the molecule is CC(C)(C)OC(=O)N1CCC[C@@H](ON=C(C(=O)Nc2nccs2)c2ccc(S(=O)(=O)C3CC3)cc2)C1. The number of nitrogens with one attached hydrogen (secondary N) is 1. The van der Waals surface area contributed by atoms with E-state index in [1.54, 1.807) is 28.6 Å². The lowest BCUT2D eigenvalue weighted by Crippen LogP contribution is -2.45. The Balaban J connectivity index is 1.52. The van der Waals surface area contributed by atoms with Crippen LogP contribution in [0.5, 0.6) is 0 Å². The molecule has 0 radical (unpaired) electrons. The third-order valence-electron chi connectivity index (χ3n) is 5.61. The zero-order chi connectivity index (χ0) is 25.9. The zero-order valence-electron chi connectivity index (χ0n) is 20.5. The Morgan fingerprint density at radius 1 is 1.17 bits per heavy atom. The van der Waals surface area contributed by atoms with Crippen LogP contribution in [0.15, 0.2) is 45.9 Å². The van der Waals surface area contributed by atoms with Crippen molar-refractivity contribution in [1.82, 2.24) is 9.88 Å². The molecular weight excluding hydrogens is 504 g/mol. The average molecular weight is 535 g/mol. The summed E-state index contributed by atoms with van der Waals surface area (Å²) in [5.41, 5.74) is -0.225. The topological polar surface area (TPSA) is 127 Å². The molecule has 4 rings (SSSR count). The highest BCUT2D eigenvalue weighted by Crippen LogP contribution is 2.33. The maximum Gasteiger partial charge on any atom is 0.410 e. The largest absolute Gasteiger partial charge is 0.444 e. The lowest BCUT2D eigenvalue weighted by atomic mass is 10.1. The molecule has 1 saturated carbocycles. The Kier molecular flexibility index (Phi) is 7.65. The van der Waals surface area contributed by atoms with Gasteiger partial charge in [0.2, 0.25) is 0 Å². The second-order valence-electron chi connectivity index (χ2n) is 9.80. The van der Waals surface area contributed by atoms with Crippen LogP contribution in [0, 0.1) is 0 Å². The van der Waals surface area contributed by atoms with Crippen molar-refractivity contribution in [3.63, 3.8) is 0 Å². The van der Waals surface area contributed by atoms with Gasteiger partial charge in [-0.05, 0) is 58.6 Å². The molecular formula is C24H30N4O6S2. The van der Waals surface area contributed by atoms with Gasteiger partial charge in [0.1, 0.15) is 11.7 Å². The van der Waals surface area contributed by atoms with Crippen LogP contribution >= 0.6 is 11.3 Å². The van der Waals surface area contributed by atoms with E-state index in [1.807, 2.05) is 20.8 Å². The molecule has 1 aliphatic heterocycles. The van der Waals surface area contributed by atoms with Crippen LogP contribution in [-0.2, 0) is 24.2 Å². The quantitative estimate of drug-likeness (QED) is 0.422. The number of hydrogen-bond donors (Lipinski definition) is 1. The summed E-state index contributed by atoms with van der Waals surface area (Å²) in [6.07, 6.45) is 3.41. The molecule has 194 valence electrons. The summed E-state index contributed by atoms with van der Waals surface area (Å²) in [4.78, 5) is 37.1. The van der Waals surface area contributed by atoms with E-state index in [-0.39, 0.29) is 22.4 Å². The van der Waals surface area contributed by atoms with Crippen molar-refractivity contribution in [3.8, 4) is 0 Å². The number of sulfone groups is 1. The molecule has 1 aromatic heterocycles. The highest BCUT2D eigenvalue weighted by atomic mass is 32.2. The number of nitrogens with zero attached hydrogens (tertiary/aromatic N) is 3. The highest BCUT2D eigenvalue weighted by Gasteiger charge is 2.37. The summed E-state index contributed by atoms with van der Waals surface area (Å²) in [7, 11) is -3.36. The van der Waals surface area contributed by atoms with E-state index in [9.17, 15) is 18.0 Å². The number of thiazole rings is 1. The van der Waals surface area contributed by atoms with Crippen LogP contribution in [-0.4, -0.2) is 66.1 Å². The van der Waals surface area contributed by atoms with Crippen LogP contribution in [0.4, 0.5) is 9.93 Å². The van der Waals surface area contributed by atoms with E-state index in [0.29, 0.717) is 42.9 Å². The molecule has 2 amide bonds. The second kappa shape index (κ2) is 10.6. The Morgan fingerprint density at radius 2 is 1.89 bits per heavy atom. The van der Waals surface area contributed by atoms with Crippen molar-refractivity contribution in [2.45, 2.75) is 68.3 Å². The van der Waals surface area contributed by atoms with E-state index < -0.39 is 33.5 Å². The number of carbonyl (C=O) groups excluding carboxylic acids is 2. The number of carbonyl (C=O) groups is 2. The summed E-state index contributed by atoms with van der Waals surface area (Å²) in [5, 5.41) is 8.65. The minimum absolute atomic E-state index is 0.0186. The van der Waals surface area contributed by atoms with E-state index >= 15 is 0 Å². The number of likely N-dealkylation sites (tertiary alicyclic amines) is 1. The number of piperidine rings is 1. The third-order valence-corrected chi connectivity index (χ3v) is 8.58. The van der Waals surface area contributed by atoms with Gasteiger partial charge in [0, 0.05) is 23.7 Å². The fraction of sp³-hybridized carbons (Fsp3) is 0.500. The predicted octanol–water partition coefficient (Wildman–Crippen LogP) is 3.84. The third kappa shape index (κ3) is 6.61. The number of amides is 2. The number of hydrogen-bond acceptors (Lipinski definition) is 9. The van der Waals surface area contributed by atoms with E-state index in [2.05, 4.69) is 15.5 Å². The van der Waals surface area contributed by atoms with Gasteiger partial charge in [0.25, 0.3) is 5.91 Å². The molecule has 1 N–H and O–H groups in total. The normalized spacial score (nSPS) is 19.0. The Bertz CT molecular complexity index is 1220. The fourth-order valence-electron chi connectivity index (χ4n) is 3.68. The van der Waals surface area contributed by atoms with Gasteiger partial charge >= 0.3 is 6.09 Å². The molecule has 2 heterocycles.